The van der Waals surface area contributed by atoms with Gasteiger partial charge in [0.05, 0.1) is 12.8 Å². The Hall–Kier alpha value is -2.07. The molecule has 1 saturated heterocycles. The first-order valence-corrected chi connectivity index (χ1v) is 6.46. The van der Waals surface area contributed by atoms with Gasteiger partial charge in [-0.2, -0.15) is 0 Å². The molecule has 11 heteroatoms. The monoisotopic (exact) mass is 340 g/mol. The fourth-order valence-corrected chi connectivity index (χ4v) is 1.59. The lowest BCUT2D eigenvalue weighted by atomic mass is 9.96. The lowest BCUT2D eigenvalue weighted by Crippen LogP contribution is -2.45. The molecule has 10 nitrogen and oxygen atoms in total. The van der Waals surface area contributed by atoms with Crippen LogP contribution in [-0.4, -0.2) is 65.3 Å². The second-order valence-electron chi connectivity index (χ2n) is 4.30. The van der Waals surface area contributed by atoms with Crippen molar-refractivity contribution in [3.8, 4) is 0 Å². The Labute approximate surface area is 128 Å². The van der Waals surface area contributed by atoms with Crippen LogP contribution in [0.4, 0.5) is 4.79 Å². The highest BCUT2D eigenvalue weighted by molar-refractivity contribution is 6.17. The number of carboxylic acid groups (broad SMARTS) is 1. The number of halogens is 1. The van der Waals surface area contributed by atoms with Gasteiger partial charge in [0.15, 0.2) is 17.8 Å². The standard InChI is InChI=1S/C11H13ClO10/c12-5-21-10(17)22-6-3-19-7(13)1-11(18,9(15)16)2-8(14)20-4-6/h6,18H,1-5H2,(H,15,16). The zero-order valence-electron chi connectivity index (χ0n) is 11.2. The zero-order chi connectivity index (χ0) is 16.8. The van der Waals surface area contributed by atoms with E-state index in [1.807, 2.05) is 0 Å². The molecule has 0 spiro atoms. The SMILES string of the molecule is O=C1CC(O)(C(=O)O)CC(=O)OCC(OC(=O)OCCl)CO1. The van der Waals surface area contributed by atoms with Crippen LogP contribution in [0.1, 0.15) is 12.8 Å². The van der Waals surface area contributed by atoms with Gasteiger partial charge < -0.3 is 29.2 Å². The van der Waals surface area contributed by atoms with E-state index in [9.17, 15) is 24.3 Å². The second-order valence-corrected chi connectivity index (χ2v) is 4.52. The van der Waals surface area contributed by atoms with Crippen molar-refractivity contribution in [2.24, 2.45) is 0 Å². The summed E-state index contributed by atoms with van der Waals surface area (Å²) in [6.45, 7) is -1.03. The average molecular weight is 341 g/mol. The van der Waals surface area contributed by atoms with Crippen molar-refractivity contribution in [1.82, 2.24) is 0 Å². The normalized spacial score (nSPS) is 26.4. The Morgan fingerprint density at radius 2 is 1.73 bits per heavy atom. The van der Waals surface area contributed by atoms with Crippen LogP contribution in [0, 0.1) is 0 Å². The van der Waals surface area contributed by atoms with Crippen molar-refractivity contribution in [3.05, 3.63) is 0 Å². The Morgan fingerprint density at radius 1 is 1.23 bits per heavy atom. The molecule has 0 amide bonds. The highest BCUT2D eigenvalue weighted by Crippen LogP contribution is 2.19. The molecule has 0 unspecified atom stereocenters. The van der Waals surface area contributed by atoms with Crippen LogP contribution in [0.25, 0.3) is 0 Å². The van der Waals surface area contributed by atoms with E-state index in [0.717, 1.165) is 0 Å². The smallest absolute Gasteiger partial charge is 0.479 e. The molecule has 124 valence electrons. The van der Waals surface area contributed by atoms with E-state index < -0.39 is 67.9 Å². The maximum atomic E-state index is 11.5. The Bertz CT molecular complexity index is 440. The van der Waals surface area contributed by atoms with Gasteiger partial charge in [0, 0.05) is 0 Å². The van der Waals surface area contributed by atoms with Crippen molar-refractivity contribution in [2.45, 2.75) is 24.5 Å². The third kappa shape index (κ3) is 5.37. The van der Waals surface area contributed by atoms with Gasteiger partial charge in [0.2, 0.25) is 0 Å². The van der Waals surface area contributed by atoms with Crippen LogP contribution < -0.4 is 0 Å². The Kier molecular flexibility index (Phi) is 6.38. The fourth-order valence-electron chi connectivity index (χ4n) is 1.50. The van der Waals surface area contributed by atoms with Gasteiger partial charge in [0.1, 0.15) is 13.2 Å². The molecule has 1 heterocycles. The number of rotatable bonds is 3. The van der Waals surface area contributed by atoms with E-state index in [4.69, 9.17) is 16.7 Å². The second kappa shape index (κ2) is 7.80. The molecule has 2 N–H and O–H groups in total. The van der Waals surface area contributed by atoms with E-state index in [1.54, 1.807) is 0 Å². The number of esters is 2. The number of hydrogen-bond donors (Lipinski definition) is 2. The minimum Gasteiger partial charge on any atom is -0.479 e. The lowest BCUT2D eigenvalue weighted by Gasteiger charge is -2.25. The quantitative estimate of drug-likeness (QED) is 0.388. The molecule has 1 fully saturated rings. The highest BCUT2D eigenvalue weighted by atomic mass is 35.5. The number of carbonyl (C=O) groups is 4. The van der Waals surface area contributed by atoms with E-state index in [-0.39, 0.29) is 0 Å². The van der Waals surface area contributed by atoms with Crippen molar-refractivity contribution < 1.29 is 48.3 Å². The molecule has 0 atom stereocenters. The number of carbonyl (C=O) groups excluding carboxylic acids is 3. The van der Waals surface area contributed by atoms with E-state index in [1.165, 1.54) is 0 Å². The number of hydrogen-bond acceptors (Lipinski definition) is 9. The van der Waals surface area contributed by atoms with Crippen LogP contribution in [-0.2, 0) is 33.3 Å². The molecular formula is C11H13ClO10. The minimum absolute atomic E-state index is 0.462. The summed E-state index contributed by atoms with van der Waals surface area (Å²) in [6.07, 6.45) is -4.24. The van der Waals surface area contributed by atoms with Crippen LogP contribution >= 0.6 is 11.6 Å². The predicted molar refractivity (Wildman–Crippen MR) is 65.8 cm³/mol. The van der Waals surface area contributed by atoms with Gasteiger partial charge in [-0.1, -0.05) is 11.6 Å². The molecule has 1 aliphatic heterocycles. The number of cyclic esters (lactones) is 2. The summed E-state index contributed by atoms with van der Waals surface area (Å²) in [5.74, 6) is -3.93. The molecule has 0 aromatic carbocycles. The first-order chi connectivity index (χ1) is 10.3. The van der Waals surface area contributed by atoms with Crippen molar-refractivity contribution >= 4 is 35.7 Å². The number of ether oxygens (including phenoxy) is 4. The van der Waals surface area contributed by atoms with Crippen molar-refractivity contribution in [3.63, 3.8) is 0 Å². The molecule has 0 saturated carbocycles. The van der Waals surface area contributed by atoms with Crippen molar-refractivity contribution in [2.75, 3.05) is 19.3 Å². The van der Waals surface area contributed by atoms with Gasteiger partial charge in [-0.25, -0.2) is 9.59 Å². The summed E-state index contributed by atoms with van der Waals surface area (Å²) in [6, 6.07) is -0.462. The summed E-state index contributed by atoms with van der Waals surface area (Å²) in [4.78, 5) is 45.0. The number of alkyl halides is 1. The molecule has 0 radical (unpaired) electrons. The van der Waals surface area contributed by atoms with Gasteiger partial charge in [0.25, 0.3) is 0 Å². The molecule has 0 aromatic heterocycles. The lowest BCUT2D eigenvalue weighted by molar-refractivity contribution is -0.178. The topological polar surface area (TPSA) is 146 Å². The summed E-state index contributed by atoms with van der Waals surface area (Å²) in [7, 11) is 0. The molecular weight excluding hydrogens is 328 g/mol. The predicted octanol–water partition coefficient (Wildman–Crippen LogP) is -0.600. The third-order valence-corrected chi connectivity index (χ3v) is 2.68. The summed E-state index contributed by atoms with van der Waals surface area (Å²) >= 11 is 5.15. The average Bonchev–Trinajstić information content (AvgIpc) is 2.41. The van der Waals surface area contributed by atoms with Crippen molar-refractivity contribution in [1.29, 1.82) is 0 Å². The Morgan fingerprint density at radius 3 is 2.14 bits per heavy atom. The van der Waals surface area contributed by atoms with E-state index in [0.29, 0.717) is 0 Å². The van der Waals surface area contributed by atoms with Gasteiger partial charge in [-0.05, 0) is 0 Å². The maximum absolute atomic E-state index is 11.5. The summed E-state index contributed by atoms with van der Waals surface area (Å²) in [5, 5.41) is 18.6. The van der Waals surface area contributed by atoms with E-state index >= 15 is 0 Å². The maximum Gasteiger partial charge on any atom is 0.510 e. The molecule has 0 aliphatic carbocycles. The summed E-state index contributed by atoms with van der Waals surface area (Å²) in [5.41, 5.74) is -2.63. The van der Waals surface area contributed by atoms with Crippen LogP contribution in [0.5, 0.6) is 0 Å². The third-order valence-electron chi connectivity index (χ3n) is 2.57. The largest absolute Gasteiger partial charge is 0.510 e. The highest BCUT2D eigenvalue weighted by Gasteiger charge is 2.43. The fraction of sp³-hybridized carbons (Fsp3) is 0.636. The first-order valence-electron chi connectivity index (χ1n) is 5.93. The molecule has 0 aromatic rings. The first kappa shape index (κ1) is 18.0. The molecule has 22 heavy (non-hydrogen) atoms. The summed E-state index contributed by atoms with van der Waals surface area (Å²) < 4.78 is 18.3. The molecule has 1 rings (SSSR count). The van der Waals surface area contributed by atoms with E-state index in [2.05, 4.69) is 18.9 Å². The zero-order valence-corrected chi connectivity index (χ0v) is 11.9. The van der Waals surface area contributed by atoms with Crippen LogP contribution in [0.2, 0.25) is 0 Å². The van der Waals surface area contributed by atoms with Crippen LogP contribution in [0.15, 0.2) is 0 Å². The van der Waals surface area contributed by atoms with Gasteiger partial charge in [-0.3, -0.25) is 9.59 Å². The molecule has 1 aliphatic rings. The number of aliphatic hydroxyl groups is 1. The number of aliphatic carboxylic acids is 1. The number of carboxylic acids is 1. The minimum atomic E-state index is -2.63. The van der Waals surface area contributed by atoms with Crippen LogP contribution in [0.3, 0.4) is 0 Å². The van der Waals surface area contributed by atoms with Gasteiger partial charge in [-0.15, -0.1) is 0 Å². The molecule has 0 bridgehead atoms. The van der Waals surface area contributed by atoms with Gasteiger partial charge >= 0.3 is 24.1 Å². The Balaban J connectivity index is 2.74.